The van der Waals surface area contributed by atoms with Gasteiger partial charge in [-0.3, -0.25) is 9.52 Å². The number of amides is 1. The molecule has 0 aromatic heterocycles. The molecule has 2 aromatic carbocycles. The van der Waals surface area contributed by atoms with Gasteiger partial charge in [-0.1, -0.05) is 6.92 Å². The highest BCUT2D eigenvalue weighted by Gasteiger charge is 2.30. The van der Waals surface area contributed by atoms with Crippen LogP contribution in [0.5, 0.6) is 0 Å². The fraction of sp³-hybridized carbons (Fsp3) is 0.278. The zero-order valence-electron chi connectivity index (χ0n) is 14.9. The SMILES string of the molecule is CC(=O)N1CC(C)Sc2cc(S(=O)(=O)Nc3ccc(C(F)(F)F)cc3)ccc21. The van der Waals surface area contributed by atoms with Crippen molar-refractivity contribution in [2.45, 2.75) is 35.1 Å². The smallest absolute Gasteiger partial charge is 0.310 e. The Bertz CT molecular complexity index is 1010. The molecule has 0 radical (unpaired) electrons. The van der Waals surface area contributed by atoms with Gasteiger partial charge < -0.3 is 4.90 Å². The lowest BCUT2D eigenvalue weighted by atomic mass is 10.2. The number of benzene rings is 2. The first-order chi connectivity index (χ1) is 13.0. The molecule has 0 aliphatic carbocycles. The topological polar surface area (TPSA) is 66.5 Å². The number of carbonyl (C=O) groups excluding carboxylic acids is 1. The highest BCUT2D eigenvalue weighted by Crippen LogP contribution is 2.40. The standard InChI is InChI=1S/C18H17F3N2O3S2/c1-11-10-23(12(2)24)16-8-7-15(9-17(16)27-11)28(25,26)22-14-5-3-13(4-6-14)18(19,20)21/h3-9,11,22H,10H2,1-2H3. The average Bonchev–Trinajstić information content (AvgIpc) is 2.59. The summed E-state index contributed by atoms with van der Waals surface area (Å²) in [6.07, 6.45) is -4.49. The van der Waals surface area contributed by atoms with Gasteiger partial charge >= 0.3 is 6.18 Å². The van der Waals surface area contributed by atoms with E-state index in [1.165, 1.54) is 30.8 Å². The van der Waals surface area contributed by atoms with Gasteiger partial charge in [0.25, 0.3) is 10.0 Å². The molecule has 28 heavy (non-hydrogen) atoms. The van der Waals surface area contributed by atoms with Gasteiger partial charge in [0.2, 0.25) is 5.91 Å². The number of rotatable bonds is 3. The van der Waals surface area contributed by atoms with Crippen LogP contribution in [0.2, 0.25) is 0 Å². The van der Waals surface area contributed by atoms with E-state index in [0.717, 1.165) is 24.3 Å². The summed E-state index contributed by atoms with van der Waals surface area (Å²) in [5.41, 5.74) is -0.194. The van der Waals surface area contributed by atoms with Gasteiger partial charge in [-0.25, -0.2) is 8.42 Å². The molecule has 1 heterocycles. The normalized spacial score (nSPS) is 17.2. The predicted octanol–water partition coefficient (Wildman–Crippen LogP) is 4.35. The van der Waals surface area contributed by atoms with Gasteiger partial charge in [-0.2, -0.15) is 13.2 Å². The summed E-state index contributed by atoms with van der Waals surface area (Å²) in [6.45, 7) is 3.91. The van der Waals surface area contributed by atoms with E-state index in [4.69, 9.17) is 0 Å². The third-order valence-corrected chi connectivity index (χ3v) is 6.66. The molecule has 5 nitrogen and oxygen atoms in total. The molecule has 3 rings (SSSR count). The maximum absolute atomic E-state index is 12.6. The van der Waals surface area contributed by atoms with Crippen LogP contribution >= 0.6 is 11.8 Å². The van der Waals surface area contributed by atoms with Crippen molar-refractivity contribution in [3.63, 3.8) is 0 Å². The predicted molar refractivity (Wildman–Crippen MR) is 102 cm³/mol. The Balaban J connectivity index is 1.88. The molecule has 0 fully saturated rings. The summed E-state index contributed by atoms with van der Waals surface area (Å²) < 4.78 is 65.5. The maximum atomic E-state index is 12.6. The van der Waals surface area contributed by atoms with Gasteiger partial charge in [-0.05, 0) is 42.5 Å². The minimum Gasteiger partial charge on any atom is -0.310 e. The van der Waals surface area contributed by atoms with Crippen LogP contribution in [0.25, 0.3) is 0 Å². The quantitative estimate of drug-likeness (QED) is 0.786. The zero-order valence-corrected chi connectivity index (χ0v) is 16.6. The highest BCUT2D eigenvalue weighted by molar-refractivity contribution is 8.00. The number of anilines is 2. The lowest BCUT2D eigenvalue weighted by Gasteiger charge is -2.32. The minimum atomic E-state index is -4.49. The third kappa shape index (κ3) is 4.27. The van der Waals surface area contributed by atoms with Crippen molar-refractivity contribution in [3.8, 4) is 0 Å². The summed E-state index contributed by atoms with van der Waals surface area (Å²) in [5.74, 6) is -0.133. The van der Waals surface area contributed by atoms with Crippen molar-refractivity contribution in [2.75, 3.05) is 16.2 Å². The minimum absolute atomic E-state index is 0.0251. The second-order valence-electron chi connectivity index (χ2n) is 6.37. The van der Waals surface area contributed by atoms with E-state index in [-0.39, 0.29) is 21.7 Å². The molecular weight excluding hydrogens is 413 g/mol. The highest BCUT2D eigenvalue weighted by atomic mass is 32.2. The molecule has 1 unspecified atom stereocenters. The fourth-order valence-electron chi connectivity index (χ4n) is 2.83. The second kappa shape index (κ2) is 7.32. The fourth-order valence-corrected chi connectivity index (χ4v) is 5.14. The second-order valence-corrected chi connectivity index (χ2v) is 9.53. The molecule has 0 bridgehead atoms. The Morgan fingerprint density at radius 2 is 1.82 bits per heavy atom. The number of nitrogens with zero attached hydrogens (tertiary/aromatic N) is 1. The average molecular weight is 430 g/mol. The Morgan fingerprint density at radius 1 is 1.18 bits per heavy atom. The lowest BCUT2D eigenvalue weighted by molar-refractivity contribution is -0.137. The van der Waals surface area contributed by atoms with E-state index in [1.54, 1.807) is 11.0 Å². The molecule has 1 amide bonds. The van der Waals surface area contributed by atoms with Gasteiger partial charge in [0.15, 0.2) is 0 Å². The molecule has 0 spiro atoms. The third-order valence-electron chi connectivity index (χ3n) is 4.14. The molecule has 1 atom stereocenters. The molecule has 10 heteroatoms. The van der Waals surface area contributed by atoms with Crippen LogP contribution in [0, 0.1) is 0 Å². The van der Waals surface area contributed by atoms with Crippen LogP contribution in [-0.4, -0.2) is 26.1 Å². The number of halogens is 3. The Labute approximate surface area is 165 Å². The summed E-state index contributed by atoms with van der Waals surface area (Å²) >= 11 is 1.46. The number of hydrogen-bond donors (Lipinski definition) is 1. The van der Waals surface area contributed by atoms with Crippen molar-refractivity contribution >= 4 is 39.1 Å². The summed E-state index contributed by atoms with van der Waals surface area (Å²) in [4.78, 5) is 14.1. The molecule has 0 saturated carbocycles. The summed E-state index contributed by atoms with van der Waals surface area (Å²) in [5, 5.41) is 0.0947. The number of nitrogens with one attached hydrogen (secondary N) is 1. The van der Waals surface area contributed by atoms with Gasteiger partial charge in [0.1, 0.15) is 0 Å². The van der Waals surface area contributed by atoms with E-state index in [9.17, 15) is 26.4 Å². The Hall–Kier alpha value is -2.20. The Kier molecular flexibility index (Phi) is 5.37. The van der Waals surface area contributed by atoms with Crippen LogP contribution in [0.15, 0.2) is 52.3 Å². The van der Waals surface area contributed by atoms with Crippen molar-refractivity contribution in [1.82, 2.24) is 0 Å². The number of alkyl halides is 3. The summed E-state index contributed by atoms with van der Waals surface area (Å²) in [7, 11) is -4.00. The largest absolute Gasteiger partial charge is 0.416 e. The van der Waals surface area contributed by atoms with E-state index < -0.39 is 21.8 Å². The summed E-state index contributed by atoms with van der Waals surface area (Å²) in [6, 6.07) is 8.16. The molecule has 2 aromatic rings. The number of hydrogen-bond acceptors (Lipinski definition) is 4. The van der Waals surface area contributed by atoms with E-state index in [2.05, 4.69) is 4.72 Å². The van der Waals surface area contributed by atoms with Crippen LogP contribution in [0.4, 0.5) is 24.5 Å². The van der Waals surface area contributed by atoms with Gasteiger partial charge in [0, 0.05) is 29.3 Å². The van der Waals surface area contributed by atoms with Crippen LogP contribution in [-0.2, 0) is 21.0 Å². The number of thioether (sulfide) groups is 1. The van der Waals surface area contributed by atoms with E-state index in [1.807, 2.05) is 6.92 Å². The first kappa shape index (κ1) is 20.5. The maximum Gasteiger partial charge on any atom is 0.416 e. The van der Waals surface area contributed by atoms with Gasteiger partial charge in [-0.15, -0.1) is 11.8 Å². The molecule has 1 aliphatic rings. The molecule has 1 aliphatic heterocycles. The lowest BCUT2D eigenvalue weighted by Crippen LogP contribution is -2.37. The molecule has 1 N–H and O–H groups in total. The van der Waals surface area contributed by atoms with E-state index >= 15 is 0 Å². The number of carbonyl (C=O) groups is 1. The van der Waals surface area contributed by atoms with Gasteiger partial charge in [0.05, 0.1) is 16.1 Å². The van der Waals surface area contributed by atoms with Crippen LogP contribution in [0.1, 0.15) is 19.4 Å². The number of sulfonamides is 1. The first-order valence-electron chi connectivity index (χ1n) is 8.26. The van der Waals surface area contributed by atoms with Crippen LogP contribution in [0.3, 0.4) is 0 Å². The van der Waals surface area contributed by atoms with Crippen LogP contribution < -0.4 is 9.62 Å². The Morgan fingerprint density at radius 3 is 2.39 bits per heavy atom. The van der Waals surface area contributed by atoms with Crippen molar-refractivity contribution in [1.29, 1.82) is 0 Å². The monoisotopic (exact) mass is 430 g/mol. The van der Waals surface area contributed by atoms with E-state index in [0.29, 0.717) is 17.1 Å². The van der Waals surface area contributed by atoms with Crippen molar-refractivity contribution in [3.05, 3.63) is 48.0 Å². The van der Waals surface area contributed by atoms with Crippen molar-refractivity contribution < 1.29 is 26.4 Å². The first-order valence-corrected chi connectivity index (χ1v) is 10.6. The van der Waals surface area contributed by atoms with Crippen molar-refractivity contribution in [2.24, 2.45) is 0 Å². The number of fused-ring (bicyclic) bond motifs is 1. The molecular formula is C18H17F3N2O3S2. The molecule has 150 valence electrons. The molecule has 0 saturated heterocycles. The zero-order chi connectivity index (χ0) is 20.7.